The number of halogens is 1. The third-order valence-electron chi connectivity index (χ3n) is 2.93. The Morgan fingerprint density at radius 1 is 1.69 bits per heavy atom. The monoisotopic (exact) mass is 304 g/mol. The molecule has 90 valence electrons. The fourth-order valence-electron chi connectivity index (χ4n) is 2.08. The number of ether oxygens (including phenoxy) is 1. The molecule has 4 heteroatoms. The molecule has 0 radical (unpaired) electrons. The van der Waals surface area contributed by atoms with Crippen molar-refractivity contribution in [1.29, 1.82) is 0 Å². The van der Waals surface area contributed by atoms with E-state index in [4.69, 9.17) is 4.74 Å². The van der Waals surface area contributed by atoms with Gasteiger partial charge in [-0.15, -0.1) is 11.3 Å². The molecule has 0 bridgehead atoms. The van der Waals surface area contributed by atoms with Crippen LogP contribution in [0.15, 0.2) is 10.5 Å². The summed E-state index contributed by atoms with van der Waals surface area (Å²) in [4.78, 5) is 2.29. The lowest BCUT2D eigenvalue weighted by Crippen LogP contribution is -2.07. The van der Waals surface area contributed by atoms with Crippen LogP contribution in [-0.2, 0) is 4.74 Å². The van der Waals surface area contributed by atoms with Gasteiger partial charge < -0.3 is 9.84 Å². The van der Waals surface area contributed by atoms with Crippen LogP contribution in [0.4, 0.5) is 0 Å². The standard InChI is InChI=1S/C12H17BrO2S/c1-8-7-10(13)12(16-8)11(14)5-4-9-3-2-6-15-9/h7,9,11,14H,2-6H2,1H3. The average molecular weight is 305 g/mol. The topological polar surface area (TPSA) is 29.5 Å². The number of hydrogen-bond donors (Lipinski definition) is 1. The molecule has 0 aromatic carbocycles. The Morgan fingerprint density at radius 3 is 3.06 bits per heavy atom. The van der Waals surface area contributed by atoms with Gasteiger partial charge in [0.1, 0.15) is 0 Å². The first-order chi connectivity index (χ1) is 7.66. The Labute approximate surface area is 109 Å². The van der Waals surface area contributed by atoms with Crippen LogP contribution in [0.5, 0.6) is 0 Å². The maximum absolute atomic E-state index is 10.1. The van der Waals surface area contributed by atoms with Crippen molar-refractivity contribution < 1.29 is 9.84 Å². The first kappa shape index (κ1) is 12.6. The fourth-order valence-corrected chi connectivity index (χ4v) is 4.01. The van der Waals surface area contributed by atoms with Crippen molar-refractivity contribution in [2.75, 3.05) is 6.61 Å². The van der Waals surface area contributed by atoms with Gasteiger partial charge in [0.2, 0.25) is 0 Å². The van der Waals surface area contributed by atoms with Crippen LogP contribution in [0.2, 0.25) is 0 Å². The molecule has 2 nitrogen and oxygen atoms in total. The van der Waals surface area contributed by atoms with Gasteiger partial charge in [-0.05, 0) is 54.6 Å². The Morgan fingerprint density at radius 2 is 2.50 bits per heavy atom. The van der Waals surface area contributed by atoms with Gasteiger partial charge in [0.25, 0.3) is 0 Å². The lowest BCUT2D eigenvalue weighted by Gasteiger charge is -2.13. The van der Waals surface area contributed by atoms with Crippen molar-refractivity contribution >= 4 is 27.3 Å². The highest BCUT2D eigenvalue weighted by molar-refractivity contribution is 9.10. The van der Waals surface area contributed by atoms with Gasteiger partial charge in [-0.2, -0.15) is 0 Å². The van der Waals surface area contributed by atoms with Crippen molar-refractivity contribution in [3.05, 3.63) is 20.3 Å². The van der Waals surface area contributed by atoms with Crippen molar-refractivity contribution in [2.45, 2.75) is 44.8 Å². The number of rotatable bonds is 4. The van der Waals surface area contributed by atoms with Crippen LogP contribution in [0, 0.1) is 6.92 Å². The lowest BCUT2D eigenvalue weighted by molar-refractivity contribution is 0.0819. The van der Waals surface area contributed by atoms with Crippen LogP contribution in [0.3, 0.4) is 0 Å². The number of thiophene rings is 1. The van der Waals surface area contributed by atoms with Crippen LogP contribution in [0.1, 0.15) is 41.5 Å². The van der Waals surface area contributed by atoms with Crippen LogP contribution >= 0.6 is 27.3 Å². The largest absolute Gasteiger partial charge is 0.388 e. The van der Waals surface area contributed by atoms with E-state index in [1.807, 2.05) is 0 Å². The number of hydrogen-bond acceptors (Lipinski definition) is 3. The number of aliphatic hydroxyl groups is 1. The molecule has 0 amide bonds. The maximum atomic E-state index is 10.1. The minimum absolute atomic E-state index is 0.350. The molecule has 0 aliphatic carbocycles. The molecular formula is C12H17BrO2S. The molecule has 0 spiro atoms. The minimum atomic E-state index is -0.350. The molecule has 1 aliphatic heterocycles. The summed E-state index contributed by atoms with van der Waals surface area (Å²) in [6.45, 7) is 2.95. The van der Waals surface area contributed by atoms with Crippen molar-refractivity contribution in [3.63, 3.8) is 0 Å². The molecule has 1 fully saturated rings. The average Bonchev–Trinajstić information content (AvgIpc) is 2.84. The van der Waals surface area contributed by atoms with Crippen LogP contribution < -0.4 is 0 Å². The van der Waals surface area contributed by atoms with Gasteiger partial charge >= 0.3 is 0 Å². The molecule has 16 heavy (non-hydrogen) atoms. The Balaban J connectivity index is 1.87. The number of aliphatic hydroxyl groups excluding tert-OH is 1. The van der Waals surface area contributed by atoms with Gasteiger partial charge in [0.15, 0.2) is 0 Å². The molecule has 1 N–H and O–H groups in total. The zero-order chi connectivity index (χ0) is 11.5. The Hall–Kier alpha value is 0.1000. The first-order valence-electron chi connectivity index (χ1n) is 5.72. The predicted molar refractivity (Wildman–Crippen MR) is 69.9 cm³/mol. The second-order valence-electron chi connectivity index (χ2n) is 4.30. The third kappa shape index (κ3) is 3.06. The van der Waals surface area contributed by atoms with Gasteiger partial charge in [-0.25, -0.2) is 0 Å². The predicted octanol–water partition coefficient (Wildman–Crippen LogP) is 3.81. The van der Waals surface area contributed by atoms with E-state index in [-0.39, 0.29) is 6.10 Å². The van der Waals surface area contributed by atoms with Crippen LogP contribution in [0.25, 0.3) is 0 Å². The first-order valence-corrected chi connectivity index (χ1v) is 7.33. The Kier molecular flexibility index (Phi) is 4.41. The van der Waals surface area contributed by atoms with Gasteiger partial charge in [-0.1, -0.05) is 0 Å². The summed E-state index contributed by atoms with van der Waals surface area (Å²) < 4.78 is 6.59. The van der Waals surface area contributed by atoms with E-state index in [9.17, 15) is 5.11 Å². The molecule has 1 saturated heterocycles. The summed E-state index contributed by atoms with van der Waals surface area (Å²) in [5.74, 6) is 0. The van der Waals surface area contributed by atoms with Crippen molar-refractivity contribution in [1.82, 2.24) is 0 Å². The molecular weight excluding hydrogens is 288 g/mol. The normalized spacial score (nSPS) is 22.6. The molecule has 1 aromatic heterocycles. The van der Waals surface area contributed by atoms with Crippen molar-refractivity contribution in [2.24, 2.45) is 0 Å². The van der Waals surface area contributed by atoms with Gasteiger partial charge in [0, 0.05) is 20.8 Å². The van der Waals surface area contributed by atoms with E-state index in [0.29, 0.717) is 6.10 Å². The fraction of sp³-hybridized carbons (Fsp3) is 0.667. The summed E-state index contributed by atoms with van der Waals surface area (Å²) >= 11 is 5.16. The van der Waals surface area contributed by atoms with E-state index in [1.165, 1.54) is 11.3 Å². The van der Waals surface area contributed by atoms with Gasteiger partial charge in [-0.3, -0.25) is 0 Å². The molecule has 2 heterocycles. The second-order valence-corrected chi connectivity index (χ2v) is 6.44. The van der Waals surface area contributed by atoms with Gasteiger partial charge in [0.05, 0.1) is 12.2 Å². The highest BCUT2D eigenvalue weighted by Crippen LogP contribution is 2.35. The maximum Gasteiger partial charge on any atom is 0.0894 e. The van der Waals surface area contributed by atoms with E-state index in [0.717, 1.165) is 35.2 Å². The molecule has 0 saturated carbocycles. The number of aryl methyl sites for hydroxylation is 1. The second kappa shape index (κ2) is 5.63. The summed E-state index contributed by atoms with van der Waals surface area (Å²) in [5.41, 5.74) is 0. The van der Waals surface area contributed by atoms with E-state index >= 15 is 0 Å². The van der Waals surface area contributed by atoms with E-state index in [2.05, 4.69) is 28.9 Å². The SMILES string of the molecule is Cc1cc(Br)c(C(O)CCC2CCCO2)s1. The van der Waals surface area contributed by atoms with E-state index < -0.39 is 0 Å². The highest BCUT2D eigenvalue weighted by Gasteiger charge is 2.19. The zero-order valence-electron chi connectivity index (χ0n) is 9.41. The summed E-state index contributed by atoms with van der Waals surface area (Å²) in [7, 11) is 0. The molecule has 2 rings (SSSR count). The minimum Gasteiger partial charge on any atom is -0.388 e. The molecule has 1 aromatic rings. The van der Waals surface area contributed by atoms with Crippen LogP contribution in [-0.4, -0.2) is 17.8 Å². The lowest BCUT2D eigenvalue weighted by atomic mass is 10.1. The smallest absolute Gasteiger partial charge is 0.0894 e. The molecule has 1 aliphatic rings. The molecule has 2 atom stereocenters. The summed E-state index contributed by atoms with van der Waals surface area (Å²) in [6.07, 6.45) is 4.10. The summed E-state index contributed by atoms with van der Waals surface area (Å²) in [6, 6.07) is 2.06. The summed E-state index contributed by atoms with van der Waals surface area (Å²) in [5, 5.41) is 10.1. The third-order valence-corrected chi connectivity index (χ3v) is 5.00. The van der Waals surface area contributed by atoms with Crippen molar-refractivity contribution in [3.8, 4) is 0 Å². The highest BCUT2D eigenvalue weighted by atomic mass is 79.9. The zero-order valence-corrected chi connectivity index (χ0v) is 11.8. The van der Waals surface area contributed by atoms with E-state index in [1.54, 1.807) is 11.3 Å². The Bertz CT molecular complexity index is 345. The molecule has 2 unspecified atom stereocenters. The quantitative estimate of drug-likeness (QED) is 0.916.